The molecule has 29 heavy (non-hydrogen) atoms. The van der Waals surface area contributed by atoms with Gasteiger partial charge >= 0.3 is 0 Å². The lowest BCUT2D eigenvalue weighted by Crippen LogP contribution is -2.43. The molecule has 1 amide bonds. The number of carbonyl (C=O) groups excluding carboxylic acids is 1. The number of benzene rings is 2. The number of hydrogen-bond donors (Lipinski definition) is 0. The molecule has 0 N–H and O–H groups in total. The van der Waals surface area contributed by atoms with Gasteiger partial charge in [-0.25, -0.2) is 0 Å². The van der Waals surface area contributed by atoms with Crippen LogP contribution in [0.2, 0.25) is 0 Å². The highest BCUT2D eigenvalue weighted by Crippen LogP contribution is 2.26. The van der Waals surface area contributed by atoms with Crippen molar-refractivity contribution in [2.24, 2.45) is 0 Å². The minimum absolute atomic E-state index is 0.110. The topological polar surface area (TPSA) is 47.4 Å². The summed E-state index contributed by atoms with van der Waals surface area (Å²) in [5.41, 5.74) is 2.00. The van der Waals surface area contributed by atoms with Gasteiger partial charge in [-0.05, 0) is 29.7 Å². The van der Waals surface area contributed by atoms with Crippen LogP contribution in [0.4, 0.5) is 0 Å². The minimum Gasteiger partial charge on any atom is -0.488 e. The molecule has 0 unspecified atom stereocenters. The van der Waals surface area contributed by atoms with E-state index in [1.165, 1.54) is 0 Å². The highest BCUT2D eigenvalue weighted by Gasteiger charge is 2.24. The molecule has 0 bridgehead atoms. The lowest BCUT2D eigenvalue weighted by atomic mass is 10.1. The fraction of sp³-hybridized carbons (Fsp3) is 0.250. The summed E-state index contributed by atoms with van der Waals surface area (Å²) in [6.45, 7) is 1.83. The fourth-order valence-electron chi connectivity index (χ4n) is 4.10. The summed E-state index contributed by atoms with van der Waals surface area (Å²) in [5.74, 6) is 0.989. The number of amides is 1. The number of pyridine rings is 1. The molecule has 0 atom stereocenters. The van der Waals surface area contributed by atoms with Crippen molar-refractivity contribution in [3.63, 3.8) is 0 Å². The predicted octanol–water partition coefficient (Wildman–Crippen LogP) is 4.26. The summed E-state index contributed by atoms with van der Waals surface area (Å²) < 4.78 is 8.28. The first-order valence-corrected chi connectivity index (χ1v) is 10.1. The highest BCUT2D eigenvalue weighted by molar-refractivity contribution is 5.84. The Morgan fingerprint density at radius 1 is 0.966 bits per heavy atom. The number of piperidine rings is 1. The zero-order valence-corrected chi connectivity index (χ0v) is 16.2. The molecule has 0 radical (unpaired) electrons. The van der Waals surface area contributed by atoms with E-state index in [4.69, 9.17) is 4.74 Å². The van der Waals surface area contributed by atoms with Gasteiger partial charge in [0.25, 0.3) is 0 Å². The van der Waals surface area contributed by atoms with Gasteiger partial charge in [-0.15, -0.1) is 0 Å². The van der Waals surface area contributed by atoms with Gasteiger partial charge < -0.3 is 14.2 Å². The Morgan fingerprint density at radius 3 is 2.66 bits per heavy atom. The fourth-order valence-corrected chi connectivity index (χ4v) is 4.10. The van der Waals surface area contributed by atoms with E-state index in [1.807, 2.05) is 58.1 Å². The van der Waals surface area contributed by atoms with Gasteiger partial charge in [0.2, 0.25) is 5.91 Å². The zero-order valence-electron chi connectivity index (χ0n) is 16.2. The maximum atomic E-state index is 12.8. The average Bonchev–Trinajstić information content (AvgIpc) is 3.17. The predicted molar refractivity (Wildman–Crippen MR) is 114 cm³/mol. The molecule has 0 saturated carbocycles. The van der Waals surface area contributed by atoms with Crippen molar-refractivity contribution < 1.29 is 9.53 Å². The van der Waals surface area contributed by atoms with E-state index in [-0.39, 0.29) is 12.0 Å². The number of fused-ring (bicyclic) bond motifs is 2. The molecule has 1 aliphatic heterocycles. The van der Waals surface area contributed by atoms with Crippen molar-refractivity contribution in [3.8, 4) is 5.75 Å². The molecule has 1 aliphatic rings. The SMILES string of the molecule is O=C(Cn1ccc2ccccc21)N1CCC(Oc2cccc3cccnc23)CC1. The average molecular weight is 385 g/mol. The number of ether oxygens (including phenoxy) is 1. The first kappa shape index (κ1) is 17.7. The van der Waals surface area contributed by atoms with Crippen LogP contribution >= 0.6 is 0 Å². The normalized spacial score (nSPS) is 15.1. The third kappa shape index (κ3) is 3.56. The van der Waals surface area contributed by atoms with Crippen LogP contribution in [0, 0.1) is 0 Å². The van der Waals surface area contributed by atoms with Crippen molar-refractivity contribution in [2.75, 3.05) is 13.1 Å². The number of carbonyl (C=O) groups is 1. The molecule has 146 valence electrons. The largest absolute Gasteiger partial charge is 0.488 e. The quantitative estimate of drug-likeness (QED) is 0.527. The Hall–Kier alpha value is -3.34. The molecule has 0 spiro atoms. The number of aromatic nitrogens is 2. The van der Waals surface area contributed by atoms with Gasteiger partial charge in [0.1, 0.15) is 23.9 Å². The molecule has 5 rings (SSSR count). The molecular weight excluding hydrogens is 362 g/mol. The Bertz CT molecular complexity index is 1150. The van der Waals surface area contributed by atoms with Crippen LogP contribution in [0.1, 0.15) is 12.8 Å². The molecular formula is C24H23N3O2. The van der Waals surface area contributed by atoms with E-state index in [0.29, 0.717) is 6.54 Å². The van der Waals surface area contributed by atoms with Crippen LogP contribution < -0.4 is 4.74 Å². The Kier molecular flexibility index (Phi) is 4.64. The summed E-state index contributed by atoms with van der Waals surface area (Å²) >= 11 is 0. The summed E-state index contributed by atoms with van der Waals surface area (Å²) in [6, 6.07) is 20.2. The van der Waals surface area contributed by atoms with Crippen molar-refractivity contribution in [3.05, 3.63) is 73.1 Å². The first-order chi connectivity index (χ1) is 14.3. The second-order valence-electron chi connectivity index (χ2n) is 7.53. The van der Waals surface area contributed by atoms with Crippen molar-refractivity contribution >= 4 is 27.7 Å². The molecule has 1 fully saturated rings. The van der Waals surface area contributed by atoms with E-state index in [1.54, 1.807) is 6.20 Å². The van der Waals surface area contributed by atoms with E-state index in [0.717, 1.165) is 53.5 Å². The summed E-state index contributed by atoms with van der Waals surface area (Å²) in [5, 5.41) is 2.24. The number of hydrogen-bond acceptors (Lipinski definition) is 3. The molecule has 1 saturated heterocycles. The standard InChI is InChI=1S/C24H23N3O2/c28-23(17-27-14-10-18-5-1-2-8-21(18)27)26-15-11-20(12-16-26)29-22-9-3-6-19-7-4-13-25-24(19)22/h1-10,13-14,20H,11-12,15-17H2. The maximum Gasteiger partial charge on any atom is 0.242 e. The molecule has 4 aromatic rings. The third-order valence-corrected chi connectivity index (χ3v) is 5.67. The molecule has 2 aromatic carbocycles. The number of para-hydroxylation sites is 2. The second-order valence-corrected chi connectivity index (χ2v) is 7.53. The molecule has 5 heteroatoms. The second kappa shape index (κ2) is 7.59. The van der Waals surface area contributed by atoms with E-state index in [9.17, 15) is 4.79 Å². The first-order valence-electron chi connectivity index (χ1n) is 10.1. The van der Waals surface area contributed by atoms with Crippen LogP contribution in [-0.2, 0) is 11.3 Å². The monoisotopic (exact) mass is 385 g/mol. The van der Waals surface area contributed by atoms with Crippen molar-refractivity contribution in [1.29, 1.82) is 0 Å². The van der Waals surface area contributed by atoms with E-state index >= 15 is 0 Å². The Balaban J connectivity index is 1.21. The van der Waals surface area contributed by atoms with Gasteiger partial charge in [0.05, 0.1) is 0 Å². The highest BCUT2D eigenvalue weighted by atomic mass is 16.5. The van der Waals surface area contributed by atoms with E-state index < -0.39 is 0 Å². The lowest BCUT2D eigenvalue weighted by molar-refractivity contribution is -0.133. The summed E-state index contributed by atoms with van der Waals surface area (Å²) in [4.78, 5) is 19.2. The van der Waals surface area contributed by atoms with Crippen molar-refractivity contribution in [2.45, 2.75) is 25.5 Å². The van der Waals surface area contributed by atoms with Crippen molar-refractivity contribution in [1.82, 2.24) is 14.5 Å². The van der Waals surface area contributed by atoms with Gasteiger partial charge in [-0.3, -0.25) is 9.78 Å². The third-order valence-electron chi connectivity index (χ3n) is 5.67. The number of nitrogens with zero attached hydrogens (tertiary/aromatic N) is 3. The zero-order chi connectivity index (χ0) is 19.6. The maximum absolute atomic E-state index is 12.8. The molecule has 0 aliphatic carbocycles. The van der Waals surface area contributed by atoms with Crippen LogP contribution in [0.5, 0.6) is 5.75 Å². The van der Waals surface area contributed by atoms with Gasteiger partial charge in [-0.1, -0.05) is 36.4 Å². The van der Waals surface area contributed by atoms with Crippen LogP contribution in [0.3, 0.4) is 0 Å². The van der Waals surface area contributed by atoms with Gasteiger partial charge in [0.15, 0.2) is 0 Å². The molecule has 2 aromatic heterocycles. The molecule has 3 heterocycles. The number of rotatable bonds is 4. The summed E-state index contributed by atoms with van der Waals surface area (Å²) in [7, 11) is 0. The van der Waals surface area contributed by atoms with Crippen LogP contribution in [0.15, 0.2) is 73.1 Å². The van der Waals surface area contributed by atoms with E-state index in [2.05, 4.69) is 23.2 Å². The summed E-state index contributed by atoms with van der Waals surface area (Å²) in [6.07, 6.45) is 5.56. The van der Waals surface area contributed by atoms with Crippen LogP contribution in [0.25, 0.3) is 21.8 Å². The van der Waals surface area contributed by atoms with Gasteiger partial charge in [-0.2, -0.15) is 0 Å². The lowest BCUT2D eigenvalue weighted by Gasteiger charge is -2.32. The Labute approximate surface area is 169 Å². The van der Waals surface area contributed by atoms with Gasteiger partial charge in [0, 0.05) is 49.2 Å². The minimum atomic E-state index is 0.110. The van der Waals surface area contributed by atoms with Crippen LogP contribution in [-0.4, -0.2) is 39.6 Å². The number of likely N-dealkylation sites (tertiary alicyclic amines) is 1. The smallest absolute Gasteiger partial charge is 0.242 e. The Morgan fingerprint density at radius 2 is 1.76 bits per heavy atom. The molecule has 5 nitrogen and oxygen atoms in total.